The molecule has 1 aliphatic rings. The zero-order chi connectivity index (χ0) is 12.1. The molecule has 0 aromatic rings. The summed E-state index contributed by atoms with van der Waals surface area (Å²) in [6, 6.07) is -0.299. The average molecular weight is 246 g/mol. The second-order valence-corrected chi connectivity index (χ2v) is 5.08. The number of carboxylic acid groups (broad SMARTS) is 1. The van der Waals surface area contributed by atoms with Crippen LogP contribution < -0.4 is 5.32 Å². The van der Waals surface area contributed by atoms with E-state index in [0.29, 0.717) is 30.6 Å². The van der Waals surface area contributed by atoms with Gasteiger partial charge in [-0.1, -0.05) is 13.8 Å². The van der Waals surface area contributed by atoms with E-state index in [9.17, 15) is 9.59 Å². The Labute approximate surface area is 99.6 Å². The monoisotopic (exact) mass is 246 g/mol. The molecule has 5 nitrogen and oxygen atoms in total. The first kappa shape index (κ1) is 13.3. The lowest BCUT2D eigenvalue weighted by Crippen LogP contribution is -2.42. The van der Waals surface area contributed by atoms with Crippen LogP contribution >= 0.6 is 11.8 Å². The molecule has 16 heavy (non-hydrogen) atoms. The number of amides is 1. The van der Waals surface area contributed by atoms with Crippen LogP contribution in [0.4, 0.5) is 0 Å². The van der Waals surface area contributed by atoms with Crippen LogP contribution in [0.1, 0.15) is 20.3 Å². The third-order valence-corrected chi connectivity index (χ3v) is 3.39. The van der Waals surface area contributed by atoms with Crippen LogP contribution in [0.15, 0.2) is 0 Å². The molecule has 0 aliphatic carbocycles. The van der Waals surface area contributed by atoms with Gasteiger partial charge in [0.15, 0.2) is 0 Å². The first-order chi connectivity index (χ1) is 7.52. The zero-order valence-corrected chi connectivity index (χ0v) is 10.4. The minimum atomic E-state index is -0.907. The molecule has 0 spiro atoms. The molecule has 1 amide bonds. The lowest BCUT2D eigenvalue weighted by atomic mass is 10.2. The van der Waals surface area contributed by atoms with E-state index >= 15 is 0 Å². The fraction of sp³-hybridized carbons (Fsp3) is 0.800. The Hall–Kier alpha value is -0.750. The molecular weight excluding hydrogens is 228 g/mol. The van der Waals surface area contributed by atoms with E-state index in [2.05, 4.69) is 5.32 Å². The van der Waals surface area contributed by atoms with E-state index < -0.39 is 12.0 Å². The molecule has 1 fully saturated rings. The first-order valence-electron chi connectivity index (χ1n) is 5.35. The average Bonchev–Trinajstić information content (AvgIpc) is 2.65. The molecule has 1 heterocycles. The van der Waals surface area contributed by atoms with Crippen molar-refractivity contribution in [1.82, 2.24) is 10.2 Å². The lowest BCUT2D eigenvalue weighted by molar-refractivity contribution is -0.147. The molecular formula is C10H18N2O3S. The zero-order valence-electron chi connectivity index (χ0n) is 9.60. The van der Waals surface area contributed by atoms with Gasteiger partial charge in [0.05, 0.1) is 5.88 Å². The van der Waals surface area contributed by atoms with E-state index in [4.69, 9.17) is 5.11 Å². The maximum absolute atomic E-state index is 11.8. The molecule has 0 unspecified atom stereocenters. The highest BCUT2D eigenvalue weighted by atomic mass is 32.2. The van der Waals surface area contributed by atoms with Gasteiger partial charge >= 0.3 is 5.97 Å². The van der Waals surface area contributed by atoms with E-state index in [1.54, 1.807) is 0 Å². The molecule has 1 rings (SSSR count). The topological polar surface area (TPSA) is 69.6 Å². The molecule has 1 aliphatic heterocycles. The highest BCUT2D eigenvalue weighted by Gasteiger charge is 2.33. The van der Waals surface area contributed by atoms with Crippen molar-refractivity contribution in [1.29, 1.82) is 0 Å². The third kappa shape index (κ3) is 3.68. The van der Waals surface area contributed by atoms with Gasteiger partial charge in [-0.15, -0.1) is 11.8 Å². The van der Waals surface area contributed by atoms with E-state index in [1.807, 2.05) is 13.8 Å². The van der Waals surface area contributed by atoms with Crippen molar-refractivity contribution >= 4 is 23.6 Å². The summed E-state index contributed by atoms with van der Waals surface area (Å²) in [5.41, 5.74) is 0. The van der Waals surface area contributed by atoms with Gasteiger partial charge in [0.25, 0.3) is 0 Å². The summed E-state index contributed by atoms with van der Waals surface area (Å²) in [4.78, 5) is 24.1. The third-order valence-electron chi connectivity index (χ3n) is 2.38. The van der Waals surface area contributed by atoms with Crippen LogP contribution in [0.3, 0.4) is 0 Å². The Balaban J connectivity index is 2.38. The standard InChI is InChI=1S/C10H18N2O3S/c1-7(2)11-4-3-9(13)12-6-16-5-8(12)10(14)15/h7-8,11H,3-6H2,1-2H3,(H,14,15)/t8-/m0/s1. The highest BCUT2D eigenvalue weighted by Crippen LogP contribution is 2.21. The number of carboxylic acids is 1. The largest absolute Gasteiger partial charge is 0.480 e. The van der Waals surface area contributed by atoms with E-state index in [1.165, 1.54) is 16.7 Å². The van der Waals surface area contributed by atoms with Crippen LogP contribution in [0.5, 0.6) is 0 Å². The van der Waals surface area contributed by atoms with E-state index in [0.717, 1.165) is 0 Å². The summed E-state index contributed by atoms with van der Waals surface area (Å²) in [5.74, 6) is 0.0107. The Morgan fingerprint density at radius 2 is 2.25 bits per heavy atom. The Kier molecular flexibility index (Phi) is 5.08. The number of rotatable bonds is 5. The number of nitrogens with one attached hydrogen (secondary N) is 1. The van der Waals surface area contributed by atoms with Crippen molar-refractivity contribution in [2.75, 3.05) is 18.2 Å². The summed E-state index contributed by atoms with van der Waals surface area (Å²) < 4.78 is 0. The van der Waals surface area contributed by atoms with Gasteiger partial charge in [-0.2, -0.15) is 0 Å². The quantitative estimate of drug-likeness (QED) is 0.733. The molecule has 1 saturated heterocycles. The van der Waals surface area contributed by atoms with Gasteiger partial charge in [-0.3, -0.25) is 4.79 Å². The number of hydrogen-bond donors (Lipinski definition) is 2. The summed E-state index contributed by atoms with van der Waals surface area (Å²) in [6.45, 7) is 4.62. The van der Waals surface area contributed by atoms with Crippen molar-refractivity contribution in [2.24, 2.45) is 0 Å². The van der Waals surface area contributed by atoms with Crippen LogP contribution in [0.2, 0.25) is 0 Å². The molecule has 0 saturated carbocycles. The molecule has 92 valence electrons. The summed E-state index contributed by atoms with van der Waals surface area (Å²) >= 11 is 1.49. The van der Waals surface area contributed by atoms with Gasteiger partial charge in [-0.05, 0) is 0 Å². The number of nitrogens with zero attached hydrogens (tertiary/aromatic N) is 1. The molecule has 6 heteroatoms. The first-order valence-corrected chi connectivity index (χ1v) is 6.51. The second-order valence-electron chi connectivity index (χ2n) is 4.08. The lowest BCUT2D eigenvalue weighted by Gasteiger charge is -2.20. The Morgan fingerprint density at radius 3 is 2.81 bits per heavy atom. The van der Waals surface area contributed by atoms with Gasteiger partial charge in [0, 0.05) is 24.8 Å². The van der Waals surface area contributed by atoms with E-state index in [-0.39, 0.29) is 5.91 Å². The number of thioether (sulfide) groups is 1. The SMILES string of the molecule is CC(C)NCCC(=O)N1CSC[C@H]1C(=O)O. The van der Waals surface area contributed by atoms with Gasteiger partial charge in [0.1, 0.15) is 6.04 Å². The minimum Gasteiger partial charge on any atom is -0.480 e. The maximum atomic E-state index is 11.8. The molecule has 0 bridgehead atoms. The molecule has 1 atom stereocenters. The van der Waals surface area contributed by atoms with Gasteiger partial charge in [-0.25, -0.2) is 4.79 Å². The Bertz CT molecular complexity index is 271. The van der Waals surface area contributed by atoms with Gasteiger partial charge < -0.3 is 15.3 Å². The van der Waals surface area contributed by atoms with Crippen molar-refractivity contribution in [3.8, 4) is 0 Å². The second kappa shape index (κ2) is 6.10. The highest BCUT2D eigenvalue weighted by molar-refractivity contribution is 7.99. The summed E-state index contributed by atoms with van der Waals surface area (Å²) in [5, 5.41) is 12.1. The molecule has 0 aromatic carbocycles. The molecule has 2 N–H and O–H groups in total. The van der Waals surface area contributed by atoms with Crippen LogP contribution in [0, 0.1) is 0 Å². The normalized spacial score (nSPS) is 20.4. The van der Waals surface area contributed by atoms with Crippen molar-refractivity contribution in [3.63, 3.8) is 0 Å². The van der Waals surface area contributed by atoms with Crippen molar-refractivity contribution in [2.45, 2.75) is 32.4 Å². The fourth-order valence-corrected chi connectivity index (χ4v) is 2.68. The van der Waals surface area contributed by atoms with Crippen LogP contribution in [0.25, 0.3) is 0 Å². The molecule has 0 radical (unpaired) electrons. The maximum Gasteiger partial charge on any atom is 0.327 e. The van der Waals surface area contributed by atoms with Crippen molar-refractivity contribution in [3.05, 3.63) is 0 Å². The molecule has 0 aromatic heterocycles. The van der Waals surface area contributed by atoms with Gasteiger partial charge in [0.2, 0.25) is 5.91 Å². The van der Waals surface area contributed by atoms with Crippen LogP contribution in [-0.4, -0.2) is 52.1 Å². The van der Waals surface area contributed by atoms with Crippen molar-refractivity contribution < 1.29 is 14.7 Å². The fourth-order valence-electron chi connectivity index (χ4n) is 1.50. The smallest absolute Gasteiger partial charge is 0.327 e. The number of hydrogen-bond acceptors (Lipinski definition) is 4. The number of aliphatic carboxylic acids is 1. The summed E-state index contributed by atoms with van der Waals surface area (Å²) in [7, 11) is 0. The Morgan fingerprint density at radius 1 is 1.56 bits per heavy atom. The predicted octanol–water partition coefficient (Wildman–Crippen LogP) is 0.361. The summed E-state index contributed by atoms with van der Waals surface area (Å²) in [6.07, 6.45) is 0.364. The predicted molar refractivity (Wildman–Crippen MR) is 63.4 cm³/mol. The minimum absolute atomic E-state index is 0.0782. The van der Waals surface area contributed by atoms with Crippen LogP contribution in [-0.2, 0) is 9.59 Å². The number of carbonyl (C=O) groups is 2. The number of carbonyl (C=O) groups excluding carboxylic acids is 1.